The predicted molar refractivity (Wildman–Crippen MR) is 38.7 cm³/mol. The average Bonchev–Trinajstić information content (AvgIpc) is 2.31. The van der Waals surface area contributed by atoms with Crippen LogP contribution in [0.15, 0.2) is 4.99 Å². The Bertz CT molecular complexity index is 187. The molecule has 0 aromatic heterocycles. The standard InChI is InChI=1S/C5H10N4O2/c6-4(7)8-3-9-1-2-11-5(9)10/h1-3H2,(H4,6,7,8). The molecule has 0 aromatic rings. The van der Waals surface area contributed by atoms with Crippen LogP contribution in [-0.2, 0) is 4.74 Å². The maximum atomic E-state index is 10.7. The van der Waals surface area contributed by atoms with E-state index in [1.54, 1.807) is 0 Å². The molecule has 0 atom stereocenters. The van der Waals surface area contributed by atoms with Crippen molar-refractivity contribution in [3.05, 3.63) is 0 Å². The van der Waals surface area contributed by atoms with Gasteiger partial charge in [0.1, 0.15) is 13.3 Å². The lowest BCUT2D eigenvalue weighted by Gasteiger charge is -2.07. The SMILES string of the molecule is NC(N)=NCN1CCOC1=O. The van der Waals surface area contributed by atoms with Crippen molar-refractivity contribution in [1.82, 2.24) is 4.90 Å². The molecule has 1 rings (SSSR count). The van der Waals surface area contributed by atoms with Gasteiger partial charge in [0.05, 0.1) is 6.54 Å². The van der Waals surface area contributed by atoms with Gasteiger partial charge >= 0.3 is 6.09 Å². The first-order valence-corrected chi connectivity index (χ1v) is 3.17. The molecule has 0 aromatic carbocycles. The van der Waals surface area contributed by atoms with E-state index in [4.69, 9.17) is 11.5 Å². The van der Waals surface area contributed by atoms with Crippen LogP contribution in [0.5, 0.6) is 0 Å². The summed E-state index contributed by atoms with van der Waals surface area (Å²) in [6.07, 6.45) is -0.366. The number of nitrogens with zero attached hydrogens (tertiary/aromatic N) is 2. The van der Waals surface area contributed by atoms with E-state index >= 15 is 0 Å². The van der Waals surface area contributed by atoms with Crippen LogP contribution in [0, 0.1) is 0 Å². The molecule has 0 radical (unpaired) electrons. The van der Waals surface area contributed by atoms with E-state index in [1.807, 2.05) is 0 Å². The van der Waals surface area contributed by atoms with Gasteiger partial charge < -0.3 is 16.2 Å². The fourth-order valence-corrected chi connectivity index (χ4v) is 0.721. The van der Waals surface area contributed by atoms with Gasteiger partial charge in [0.15, 0.2) is 5.96 Å². The van der Waals surface area contributed by atoms with Crippen LogP contribution in [0.25, 0.3) is 0 Å². The molecule has 1 saturated heterocycles. The number of hydrogen-bond acceptors (Lipinski definition) is 3. The Hall–Kier alpha value is -1.46. The summed E-state index contributed by atoms with van der Waals surface area (Å²) < 4.78 is 4.63. The van der Waals surface area contributed by atoms with E-state index in [0.29, 0.717) is 13.2 Å². The maximum absolute atomic E-state index is 10.7. The third-order valence-corrected chi connectivity index (χ3v) is 1.27. The summed E-state index contributed by atoms with van der Waals surface area (Å²) in [5.74, 6) is -0.0234. The molecule has 62 valence electrons. The van der Waals surface area contributed by atoms with E-state index in [1.165, 1.54) is 4.90 Å². The summed E-state index contributed by atoms with van der Waals surface area (Å²) in [6.45, 7) is 1.15. The van der Waals surface area contributed by atoms with Gasteiger partial charge in [-0.2, -0.15) is 0 Å². The second-order valence-electron chi connectivity index (χ2n) is 2.10. The zero-order valence-corrected chi connectivity index (χ0v) is 5.99. The maximum Gasteiger partial charge on any atom is 0.411 e. The monoisotopic (exact) mass is 158 g/mol. The first-order valence-electron chi connectivity index (χ1n) is 3.17. The Morgan fingerprint density at radius 1 is 1.73 bits per heavy atom. The van der Waals surface area contributed by atoms with E-state index in [2.05, 4.69) is 9.73 Å². The second kappa shape index (κ2) is 3.09. The molecule has 0 aliphatic carbocycles. The highest BCUT2D eigenvalue weighted by Crippen LogP contribution is 2.01. The number of amides is 1. The van der Waals surface area contributed by atoms with Gasteiger partial charge in [-0.1, -0.05) is 0 Å². The first-order chi connectivity index (χ1) is 5.20. The minimum Gasteiger partial charge on any atom is -0.447 e. The number of ether oxygens (including phenoxy) is 1. The van der Waals surface area contributed by atoms with Gasteiger partial charge in [-0.05, 0) is 0 Å². The van der Waals surface area contributed by atoms with E-state index in [0.717, 1.165) is 0 Å². The third-order valence-electron chi connectivity index (χ3n) is 1.27. The Kier molecular flexibility index (Phi) is 2.15. The molecule has 1 amide bonds. The Morgan fingerprint density at radius 2 is 2.45 bits per heavy atom. The van der Waals surface area contributed by atoms with Crippen molar-refractivity contribution in [1.29, 1.82) is 0 Å². The lowest BCUT2D eigenvalue weighted by molar-refractivity contribution is 0.159. The van der Waals surface area contributed by atoms with Gasteiger partial charge in [-0.3, -0.25) is 4.90 Å². The molecule has 1 fully saturated rings. The first kappa shape index (κ1) is 7.64. The number of carbonyl (C=O) groups excluding carboxylic acids is 1. The van der Waals surface area contributed by atoms with E-state index in [9.17, 15) is 4.79 Å². The van der Waals surface area contributed by atoms with Crippen LogP contribution >= 0.6 is 0 Å². The van der Waals surface area contributed by atoms with Crippen LogP contribution in [0.3, 0.4) is 0 Å². The predicted octanol–water partition coefficient (Wildman–Crippen LogP) is -1.33. The van der Waals surface area contributed by atoms with E-state index < -0.39 is 0 Å². The quantitative estimate of drug-likeness (QED) is 0.384. The molecule has 0 spiro atoms. The molecule has 11 heavy (non-hydrogen) atoms. The van der Waals surface area contributed by atoms with Gasteiger partial charge in [-0.25, -0.2) is 9.79 Å². The smallest absolute Gasteiger partial charge is 0.411 e. The van der Waals surface area contributed by atoms with Crippen molar-refractivity contribution in [2.45, 2.75) is 0 Å². The average molecular weight is 158 g/mol. The number of aliphatic imine (C=N–C) groups is 1. The van der Waals surface area contributed by atoms with Crippen LogP contribution < -0.4 is 11.5 Å². The highest BCUT2D eigenvalue weighted by Gasteiger charge is 2.20. The highest BCUT2D eigenvalue weighted by atomic mass is 16.6. The van der Waals surface area contributed by atoms with Crippen molar-refractivity contribution < 1.29 is 9.53 Å². The fourth-order valence-electron chi connectivity index (χ4n) is 0.721. The Balaban J connectivity index is 2.37. The number of guanidine groups is 1. The molecule has 4 N–H and O–H groups in total. The molecule has 1 aliphatic rings. The van der Waals surface area contributed by atoms with Gasteiger partial charge in [0.2, 0.25) is 0 Å². The summed E-state index contributed by atoms with van der Waals surface area (Å²) in [5.41, 5.74) is 10.1. The van der Waals surface area contributed by atoms with Gasteiger partial charge in [0.25, 0.3) is 0 Å². The zero-order valence-electron chi connectivity index (χ0n) is 5.99. The van der Waals surface area contributed by atoms with Crippen molar-refractivity contribution in [2.24, 2.45) is 16.5 Å². The topological polar surface area (TPSA) is 93.9 Å². The summed E-state index contributed by atoms with van der Waals surface area (Å²) in [7, 11) is 0. The fraction of sp³-hybridized carbons (Fsp3) is 0.600. The molecule has 6 nitrogen and oxygen atoms in total. The number of hydrogen-bond donors (Lipinski definition) is 2. The third kappa shape index (κ3) is 1.99. The van der Waals surface area contributed by atoms with Gasteiger partial charge in [-0.15, -0.1) is 0 Å². The molecule has 0 bridgehead atoms. The Labute approximate surface area is 63.8 Å². The summed E-state index contributed by atoms with van der Waals surface area (Å²) in [6, 6.07) is 0. The Morgan fingerprint density at radius 3 is 2.91 bits per heavy atom. The molecular weight excluding hydrogens is 148 g/mol. The molecular formula is C5H10N4O2. The summed E-state index contributed by atoms with van der Waals surface area (Å²) >= 11 is 0. The van der Waals surface area contributed by atoms with Crippen molar-refractivity contribution >= 4 is 12.1 Å². The van der Waals surface area contributed by atoms with E-state index in [-0.39, 0.29) is 18.7 Å². The summed E-state index contributed by atoms with van der Waals surface area (Å²) in [4.78, 5) is 15.8. The van der Waals surface area contributed by atoms with Crippen LogP contribution in [0.2, 0.25) is 0 Å². The van der Waals surface area contributed by atoms with Crippen LogP contribution in [0.4, 0.5) is 4.79 Å². The second-order valence-corrected chi connectivity index (χ2v) is 2.10. The van der Waals surface area contributed by atoms with Crippen molar-refractivity contribution in [2.75, 3.05) is 19.8 Å². The van der Waals surface area contributed by atoms with Crippen LogP contribution in [-0.4, -0.2) is 36.8 Å². The normalized spacial score (nSPS) is 16.4. The summed E-state index contributed by atoms with van der Waals surface area (Å²) in [5, 5.41) is 0. The minimum atomic E-state index is -0.366. The number of nitrogens with two attached hydrogens (primary N) is 2. The lowest BCUT2D eigenvalue weighted by Crippen LogP contribution is -2.29. The lowest BCUT2D eigenvalue weighted by atomic mass is 10.6. The number of carbonyl (C=O) groups is 1. The number of cyclic esters (lactones) is 1. The number of rotatable bonds is 2. The molecule has 6 heteroatoms. The molecule has 0 saturated carbocycles. The minimum absolute atomic E-state index is 0.0234. The largest absolute Gasteiger partial charge is 0.447 e. The van der Waals surface area contributed by atoms with Crippen LogP contribution in [0.1, 0.15) is 0 Å². The van der Waals surface area contributed by atoms with Gasteiger partial charge in [0, 0.05) is 0 Å². The van der Waals surface area contributed by atoms with Crippen molar-refractivity contribution in [3.63, 3.8) is 0 Å². The zero-order chi connectivity index (χ0) is 8.27. The highest BCUT2D eigenvalue weighted by molar-refractivity contribution is 5.76. The molecule has 1 heterocycles. The molecule has 0 unspecified atom stereocenters. The molecule has 1 aliphatic heterocycles. The van der Waals surface area contributed by atoms with Crippen molar-refractivity contribution in [3.8, 4) is 0 Å².